The molecule has 7 atom stereocenters. The Kier molecular flexibility index (Phi) is 8.18. The number of phenols is 2. The number of esters is 3. The molecule has 1 fully saturated rings. The van der Waals surface area contributed by atoms with E-state index in [1.807, 2.05) is 0 Å². The number of fused-ring (bicyclic) bond motifs is 6. The van der Waals surface area contributed by atoms with Crippen molar-refractivity contribution >= 4 is 35.3 Å². The standard InChI is InChI=1S/C33H31NO18/c1-9-22(39)11(34)3-16(48-9)49-12-5-32(45,13(36)8-35)4-10-17(12)24(41)19-18(23(10)40)25(42)21-20(26(19)43)27(47-2)29-30-28(21)50-14(37)6-33(46,31(44)52-30)7-15(38)51-29/h9,11-12,16,22,35,39-41,45-46H,3-8,34H2,1-2H3/t9-,11-,12-,16-,22+,32-,33?/m0/s1. The molecule has 0 amide bonds. The van der Waals surface area contributed by atoms with Crippen molar-refractivity contribution in [2.24, 2.45) is 5.73 Å². The number of ketones is 3. The molecule has 1 saturated heterocycles. The first-order chi connectivity index (χ1) is 24.4. The molecule has 0 spiro atoms. The number of carbonyl (C=O) groups is 6. The van der Waals surface area contributed by atoms with Crippen LogP contribution in [0.1, 0.15) is 81.7 Å². The SMILES string of the molecule is COc1c2c3c(c4c1C(=O)c1c(O)c5c(c(O)c1C4=O)C[C@@](O)(C(=O)CO)C[C@@H]5O[C@H]1C[C@H](N)[C@H](O)[C@H](C)O1)OC(=O)CC(O)(CC(=O)O2)C(=O)O3. The summed E-state index contributed by atoms with van der Waals surface area (Å²) in [6.45, 7) is 0.345. The largest absolute Gasteiger partial charge is 0.507 e. The lowest BCUT2D eigenvalue weighted by Crippen LogP contribution is -2.53. The van der Waals surface area contributed by atoms with Gasteiger partial charge in [0.2, 0.25) is 23.1 Å². The van der Waals surface area contributed by atoms with Gasteiger partial charge >= 0.3 is 17.9 Å². The topological polar surface area (TPSA) is 305 Å². The predicted octanol–water partition coefficient (Wildman–Crippen LogP) is -1.74. The number of aliphatic hydroxyl groups excluding tert-OH is 2. The number of ether oxygens (including phenoxy) is 6. The molecule has 276 valence electrons. The second-order valence-corrected chi connectivity index (χ2v) is 13.3. The number of nitrogens with two attached hydrogens (primary N) is 1. The molecule has 5 aliphatic rings. The Balaban J connectivity index is 1.46. The highest BCUT2D eigenvalue weighted by Gasteiger charge is 2.54. The number of aromatic hydroxyl groups is 2. The molecule has 19 nitrogen and oxygen atoms in total. The highest BCUT2D eigenvalue weighted by Crippen LogP contribution is 2.58. The molecule has 7 rings (SSSR count). The predicted molar refractivity (Wildman–Crippen MR) is 163 cm³/mol. The molecule has 2 aromatic rings. The lowest BCUT2D eigenvalue weighted by Gasteiger charge is -2.42. The Morgan fingerprint density at radius 3 is 2.12 bits per heavy atom. The molecule has 3 aliphatic heterocycles. The van der Waals surface area contributed by atoms with E-state index in [1.165, 1.54) is 6.92 Å². The van der Waals surface area contributed by atoms with E-state index in [4.69, 9.17) is 34.2 Å². The molecule has 2 aliphatic carbocycles. The van der Waals surface area contributed by atoms with Gasteiger partial charge in [0, 0.05) is 36.4 Å². The summed E-state index contributed by atoms with van der Waals surface area (Å²) in [5.41, 5.74) is -3.27. The number of Topliss-reactive ketones (excluding diaryl/α,β-unsaturated/α-hetero) is 1. The molecule has 1 unspecified atom stereocenters. The maximum Gasteiger partial charge on any atom is 0.345 e. The van der Waals surface area contributed by atoms with Crippen molar-refractivity contribution in [1.29, 1.82) is 0 Å². The van der Waals surface area contributed by atoms with E-state index < -0.39 is 172 Å². The Morgan fingerprint density at radius 1 is 0.885 bits per heavy atom. The van der Waals surface area contributed by atoms with E-state index in [1.54, 1.807) is 0 Å². The zero-order valence-electron chi connectivity index (χ0n) is 27.3. The average molecular weight is 730 g/mol. The van der Waals surface area contributed by atoms with Crippen LogP contribution in [0.2, 0.25) is 0 Å². The number of benzene rings is 2. The van der Waals surface area contributed by atoms with Gasteiger partial charge in [-0.2, -0.15) is 0 Å². The van der Waals surface area contributed by atoms with Gasteiger partial charge in [-0.15, -0.1) is 0 Å². The number of phenolic OH excluding ortho intramolecular Hbond substituents is 2. The van der Waals surface area contributed by atoms with Crippen LogP contribution < -0.4 is 24.7 Å². The van der Waals surface area contributed by atoms with Crippen LogP contribution in [0.4, 0.5) is 0 Å². The first-order valence-corrected chi connectivity index (χ1v) is 15.9. The van der Waals surface area contributed by atoms with Crippen LogP contribution in [0.25, 0.3) is 0 Å². The summed E-state index contributed by atoms with van der Waals surface area (Å²) in [6, 6.07) is -0.853. The van der Waals surface area contributed by atoms with Crippen LogP contribution in [0, 0.1) is 0 Å². The fourth-order valence-corrected chi connectivity index (χ4v) is 7.36. The summed E-state index contributed by atoms with van der Waals surface area (Å²) in [4.78, 5) is 80.7. The number of aliphatic hydroxyl groups is 4. The number of carbonyl (C=O) groups excluding carboxylic acids is 6. The number of methoxy groups -OCH3 is 1. The van der Waals surface area contributed by atoms with E-state index in [0.717, 1.165) is 7.11 Å². The van der Waals surface area contributed by atoms with Crippen molar-refractivity contribution in [1.82, 2.24) is 0 Å². The average Bonchev–Trinajstić information content (AvgIpc) is 3.06. The molecule has 19 heteroatoms. The third-order valence-electron chi connectivity index (χ3n) is 9.95. The monoisotopic (exact) mass is 729 g/mol. The van der Waals surface area contributed by atoms with Crippen molar-refractivity contribution in [3.8, 4) is 34.5 Å². The van der Waals surface area contributed by atoms with Gasteiger partial charge in [0.25, 0.3) is 0 Å². The zero-order chi connectivity index (χ0) is 37.8. The van der Waals surface area contributed by atoms with E-state index in [0.29, 0.717) is 0 Å². The van der Waals surface area contributed by atoms with E-state index in [2.05, 4.69) is 0 Å². The highest BCUT2D eigenvalue weighted by molar-refractivity contribution is 6.33. The number of hydrogen-bond donors (Lipinski definition) is 7. The van der Waals surface area contributed by atoms with Crippen molar-refractivity contribution < 1.29 is 87.8 Å². The molecular formula is C33H31NO18. The van der Waals surface area contributed by atoms with Gasteiger partial charge in [-0.25, -0.2) is 4.79 Å². The highest BCUT2D eigenvalue weighted by atomic mass is 16.7. The van der Waals surface area contributed by atoms with E-state index >= 15 is 0 Å². The van der Waals surface area contributed by atoms with Gasteiger partial charge in [-0.05, 0) is 6.92 Å². The van der Waals surface area contributed by atoms with Crippen LogP contribution in [-0.2, 0) is 35.1 Å². The van der Waals surface area contributed by atoms with Crippen molar-refractivity contribution in [3.05, 3.63) is 33.4 Å². The van der Waals surface area contributed by atoms with Crippen LogP contribution in [0.15, 0.2) is 0 Å². The second kappa shape index (κ2) is 12.0. The van der Waals surface area contributed by atoms with Crippen LogP contribution in [0.5, 0.6) is 34.5 Å². The van der Waals surface area contributed by atoms with Gasteiger partial charge < -0.3 is 64.8 Å². The normalized spacial score (nSPS) is 30.8. The summed E-state index contributed by atoms with van der Waals surface area (Å²) in [7, 11) is 0.991. The van der Waals surface area contributed by atoms with Gasteiger partial charge in [0.1, 0.15) is 23.7 Å². The summed E-state index contributed by atoms with van der Waals surface area (Å²) < 4.78 is 33.0. The minimum absolute atomic E-state index is 0.114. The Hall–Kier alpha value is -5.02. The van der Waals surface area contributed by atoms with Gasteiger partial charge in [0.05, 0.1) is 60.5 Å². The quantitative estimate of drug-likeness (QED) is 0.0870. The molecule has 2 aromatic carbocycles. The van der Waals surface area contributed by atoms with Gasteiger partial charge in [0.15, 0.2) is 29.2 Å². The van der Waals surface area contributed by atoms with E-state index in [9.17, 15) is 59.4 Å². The third-order valence-corrected chi connectivity index (χ3v) is 9.95. The van der Waals surface area contributed by atoms with Crippen molar-refractivity contribution in [2.45, 2.75) is 80.9 Å². The fourth-order valence-electron chi connectivity index (χ4n) is 7.36. The Bertz CT molecular complexity index is 2010. The zero-order valence-corrected chi connectivity index (χ0v) is 27.3. The molecule has 8 N–H and O–H groups in total. The van der Waals surface area contributed by atoms with Gasteiger partial charge in [-0.1, -0.05) is 0 Å². The minimum Gasteiger partial charge on any atom is -0.507 e. The molecular weight excluding hydrogens is 698 g/mol. The van der Waals surface area contributed by atoms with Crippen LogP contribution >= 0.6 is 0 Å². The van der Waals surface area contributed by atoms with Crippen molar-refractivity contribution in [2.75, 3.05) is 13.7 Å². The molecule has 0 aromatic heterocycles. The Labute approximate surface area is 291 Å². The number of rotatable bonds is 5. The van der Waals surface area contributed by atoms with Crippen molar-refractivity contribution in [3.63, 3.8) is 0 Å². The maximum atomic E-state index is 14.5. The minimum atomic E-state index is -2.73. The summed E-state index contributed by atoms with van der Waals surface area (Å²) in [5.74, 6) is -13.1. The fraction of sp³-hybridized carbons (Fsp3) is 0.455. The summed E-state index contributed by atoms with van der Waals surface area (Å²) in [6.07, 6.45) is -8.52. The number of hydrogen-bond acceptors (Lipinski definition) is 19. The van der Waals surface area contributed by atoms with E-state index in [-0.39, 0.29) is 12.0 Å². The lowest BCUT2D eigenvalue weighted by molar-refractivity contribution is -0.247. The lowest BCUT2D eigenvalue weighted by atomic mass is 9.71. The summed E-state index contributed by atoms with van der Waals surface area (Å²) in [5, 5.41) is 65.8. The Morgan fingerprint density at radius 2 is 1.50 bits per heavy atom. The first-order valence-electron chi connectivity index (χ1n) is 15.9. The third kappa shape index (κ3) is 5.07. The summed E-state index contributed by atoms with van der Waals surface area (Å²) >= 11 is 0. The molecule has 52 heavy (non-hydrogen) atoms. The van der Waals surface area contributed by atoms with Crippen LogP contribution in [-0.4, -0.2) is 115 Å². The first kappa shape index (κ1) is 35.4. The smallest absolute Gasteiger partial charge is 0.345 e. The molecule has 3 heterocycles. The second-order valence-electron chi connectivity index (χ2n) is 13.3. The molecule has 0 saturated carbocycles. The molecule has 2 bridgehead atoms. The maximum absolute atomic E-state index is 14.5. The van der Waals surface area contributed by atoms with Gasteiger partial charge in [-0.3, -0.25) is 24.0 Å². The molecule has 0 radical (unpaired) electrons. The van der Waals surface area contributed by atoms with Crippen LogP contribution in [0.3, 0.4) is 0 Å².